The topological polar surface area (TPSA) is 82.8 Å². The molecular weight excluding hydrogens is 354 g/mol. The molecular formula is C21H25N5O2. The predicted octanol–water partition coefficient (Wildman–Crippen LogP) is 1.79. The molecule has 3 heterocycles. The molecule has 1 aliphatic heterocycles. The molecule has 1 fully saturated rings. The third kappa shape index (κ3) is 3.90. The lowest BCUT2D eigenvalue weighted by molar-refractivity contribution is -0.0208. The first-order valence-electron chi connectivity index (χ1n) is 9.61. The Labute approximate surface area is 164 Å². The maximum absolute atomic E-state index is 12.6. The van der Waals surface area contributed by atoms with Gasteiger partial charge in [0, 0.05) is 32.4 Å². The second-order valence-electron chi connectivity index (χ2n) is 7.58. The quantitative estimate of drug-likeness (QED) is 0.706. The van der Waals surface area contributed by atoms with Crippen molar-refractivity contribution >= 4 is 11.6 Å². The van der Waals surface area contributed by atoms with E-state index in [1.165, 1.54) is 5.56 Å². The molecule has 1 saturated heterocycles. The average Bonchev–Trinajstić information content (AvgIpc) is 3.15. The van der Waals surface area contributed by atoms with Crippen LogP contribution < -0.4 is 5.32 Å². The molecule has 1 aliphatic rings. The summed E-state index contributed by atoms with van der Waals surface area (Å²) in [6, 6.07) is 14.1. The van der Waals surface area contributed by atoms with Gasteiger partial charge in [0.1, 0.15) is 0 Å². The first-order valence-corrected chi connectivity index (χ1v) is 9.61. The molecule has 1 aromatic carbocycles. The number of hydrogen-bond donors (Lipinski definition) is 2. The zero-order valence-electron chi connectivity index (χ0n) is 16.0. The molecule has 0 spiro atoms. The SMILES string of the molecule is Cc1cccn2c(C(=O)NCC3(O)CCN(Cc4ccccc4)CC3)nnc12. The maximum Gasteiger partial charge on any atom is 0.289 e. The molecule has 146 valence electrons. The van der Waals surface area contributed by atoms with E-state index in [-0.39, 0.29) is 18.3 Å². The summed E-state index contributed by atoms with van der Waals surface area (Å²) in [6.07, 6.45) is 3.02. The zero-order chi connectivity index (χ0) is 19.6. The van der Waals surface area contributed by atoms with Gasteiger partial charge in [0.25, 0.3) is 5.91 Å². The Morgan fingerprint density at radius 2 is 1.89 bits per heavy atom. The van der Waals surface area contributed by atoms with Gasteiger partial charge in [0.2, 0.25) is 5.82 Å². The Bertz CT molecular complexity index is 961. The van der Waals surface area contributed by atoms with Crippen molar-refractivity contribution in [1.82, 2.24) is 24.8 Å². The summed E-state index contributed by atoms with van der Waals surface area (Å²) in [7, 11) is 0. The highest BCUT2D eigenvalue weighted by atomic mass is 16.3. The lowest BCUT2D eigenvalue weighted by Crippen LogP contribution is -2.50. The van der Waals surface area contributed by atoms with Gasteiger partial charge in [-0.3, -0.25) is 14.1 Å². The van der Waals surface area contributed by atoms with E-state index in [1.807, 2.05) is 37.3 Å². The van der Waals surface area contributed by atoms with Crippen LogP contribution in [0.2, 0.25) is 0 Å². The van der Waals surface area contributed by atoms with Crippen molar-refractivity contribution < 1.29 is 9.90 Å². The summed E-state index contributed by atoms with van der Waals surface area (Å²) in [5, 5.41) is 21.8. The molecule has 0 atom stereocenters. The van der Waals surface area contributed by atoms with E-state index in [1.54, 1.807) is 10.6 Å². The summed E-state index contributed by atoms with van der Waals surface area (Å²) in [4.78, 5) is 14.9. The number of pyridine rings is 1. The van der Waals surface area contributed by atoms with Gasteiger partial charge >= 0.3 is 0 Å². The minimum Gasteiger partial charge on any atom is -0.388 e. The van der Waals surface area contributed by atoms with E-state index in [2.05, 4.69) is 32.5 Å². The van der Waals surface area contributed by atoms with Crippen molar-refractivity contribution in [3.8, 4) is 0 Å². The molecule has 0 unspecified atom stereocenters. The number of fused-ring (bicyclic) bond motifs is 1. The molecule has 0 bridgehead atoms. The van der Waals surface area contributed by atoms with Crippen LogP contribution in [0.5, 0.6) is 0 Å². The minimum atomic E-state index is -0.890. The molecule has 28 heavy (non-hydrogen) atoms. The van der Waals surface area contributed by atoms with Crippen molar-refractivity contribution in [3.63, 3.8) is 0 Å². The molecule has 0 aliphatic carbocycles. The number of nitrogens with one attached hydrogen (secondary N) is 1. The number of carbonyl (C=O) groups excluding carboxylic acids is 1. The number of carbonyl (C=O) groups is 1. The zero-order valence-corrected chi connectivity index (χ0v) is 16.0. The van der Waals surface area contributed by atoms with Crippen LogP contribution in [0.1, 0.15) is 34.6 Å². The van der Waals surface area contributed by atoms with Crippen molar-refractivity contribution in [1.29, 1.82) is 0 Å². The van der Waals surface area contributed by atoms with Crippen molar-refractivity contribution in [2.24, 2.45) is 0 Å². The standard InChI is InChI=1S/C21H25N5O2/c1-16-6-5-11-26-18(16)23-24-19(26)20(27)22-15-21(28)9-12-25(13-10-21)14-17-7-3-2-4-8-17/h2-8,11,28H,9-10,12-15H2,1H3,(H,22,27). The summed E-state index contributed by atoms with van der Waals surface area (Å²) in [6.45, 7) is 4.63. The number of rotatable bonds is 5. The van der Waals surface area contributed by atoms with Gasteiger partial charge in [-0.05, 0) is 37.0 Å². The number of piperidine rings is 1. The van der Waals surface area contributed by atoms with Crippen LogP contribution >= 0.6 is 0 Å². The van der Waals surface area contributed by atoms with Gasteiger partial charge in [-0.15, -0.1) is 10.2 Å². The van der Waals surface area contributed by atoms with Crippen molar-refractivity contribution in [2.45, 2.75) is 31.9 Å². The lowest BCUT2D eigenvalue weighted by Gasteiger charge is -2.38. The Morgan fingerprint density at radius 3 is 2.64 bits per heavy atom. The van der Waals surface area contributed by atoms with Gasteiger partial charge < -0.3 is 10.4 Å². The summed E-state index contributed by atoms with van der Waals surface area (Å²) >= 11 is 0. The van der Waals surface area contributed by atoms with Crippen LogP contribution in [-0.2, 0) is 6.54 Å². The first kappa shape index (κ1) is 18.6. The van der Waals surface area contributed by atoms with E-state index < -0.39 is 5.60 Å². The molecule has 2 N–H and O–H groups in total. The smallest absolute Gasteiger partial charge is 0.289 e. The molecule has 1 amide bonds. The Kier molecular flexibility index (Phi) is 5.11. The van der Waals surface area contributed by atoms with Gasteiger partial charge in [-0.2, -0.15) is 0 Å². The summed E-state index contributed by atoms with van der Waals surface area (Å²) < 4.78 is 1.68. The van der Waals surface area contributed by atoms with Crippen LogP contribution in [0.25, 0.3) is 5.65 Å². The van der Waals surface area contributed by atoms with E-state index in [9.17, 15) is 9.90 Å². The van der Waals surface area contributed by atoms with E-state index in [0.717, 1.165) is 25.2 Å². The normalized spacial score (nSPS) is 16.9. The van der Waals surface area contributed by atoms with Crippen LogP contribution in [0.3, 0.4) is 0 Å². The van der Waals surface area contributed by atoms with Crippen LogP contribution in [-0.4, -0.2) is 55.7 Å². The highest BCUT2D eigenvalue weighted by Gasteiger charge is 2.33. The summed E-state index contributed by atoms with van der Waals surface area (Å²) in [5.74, 6) is -0.0814. The third-order valence-electron chi connectivity index (χ3n) is 5.45. The second kappa shape index (κ2) is 7.69. The molecule has 7 heteroatoms. The van der Waals surface area contributed by atoms with E-state index >= 15 is 0 Å². The van der Waals surface area contributed by atoms with Crippen LogP contribution in [0.15, 0.2) is 48.7 Å². The predicted molar refractivity (Wildman–Crippen MR) is 106 cm³/mol. The Balaban J connectivity index is 1.33. The molecule has 0 saturated carbocycles. The van der Waals surface area contributed by atoms with E-state index in [4.69, 9.17) is 0 Å². The van der Waals surface area contributed by atoms with Crippen molar-refractivity contribution in [3.05, 3.63) is 65.6 Å². The molecule has 3 aromatic rings. The molecule has 0 radical (unpaired) electrons. The number of nitrogens with zero attached hydrogens (tertiary/aromatic N) is 4. The van der Waals surface area contributed by atoms with Gasteiger partial charge in [-0.25, -0.2) is 0 Å². The number of hydrogen-bond acceptors (Lipinski definition) is 5. The number of aliphatic hydroxyl groups is 1. The molecule has 4 rings (SSSR count). The highest BCUT2D eigenvalue weighted by molar-refractivity contribution is 5.91. The van der Waals surface area contributed by atoms with Gasteiger partial charge in [0.05, 0.1) is 5.60 Å². The number of aromatic nitrogens is 3. The first-order chi connectivity index (χ1) is 13.5. The van der Waals surface area contributed by atoms with E-state index in [0.29, 0.717) is 18.5 Å². The highest BCUT2D eigenvalue weighted by Crippen LogP contribution is 2.23. The van der Waals surface area contributed by atoms with Crippen LogP contribution in [0.4, 0.5) is 0 Å². The number of likely N-dealkylation sites (tertiary alicyclic amines) is 1. The fourth-order valence-corrected chi connectivity index (χ4v) is 3.67. The van der Waals surface area contributed by atoms with Crippen LogP contribution in [0, 0.1) is 6.92 Å². The third-order valence-corrected chi connectivity index (χ3v) is 5.45. The Morgan fingerprint density at radius 1 is 1.14 bits per heavy atom. The number of aryl methyl sites for hydroxylation is 1. The molecule has 2 aromatic heterocycles. The average molecular weight is 379 g/mol. The monoisotopic (exact) mass is 379 g/mol. The van der Waals surface area contributed by atoms with Gasteiger partial charge in [0.15, 0.2) is 5.65 Å². The largest absolute Gasteiger partial charge is 0.388 e. The van der Waals surface area contributed by atoms with Crippen molar-refractivity contribution in [2.75, 3.05) is 19.6 Å². The Hall–Kier alpha value is -2.77. The number of benzene rings is 1. The second-order valence-corrected chi connectivity index (χ2v) is 7.58. The fraction of sp³-hybridized carbons (Fsp3) is 0.381. The minimum absolute atomic E-state index is 0.214. The summed E-state index contributed by atoms with van der Waals surface area (Å²) in [5.41, 5.74) is 2.01. The van der Waals surface area contributed by atoms with Gasteiger partial charge in [-0.1, -0.05) is 36.4 Å². The lowest BCUT2D eigenvalue weighted by atomic mass is 9.91. The molecule has 7 nitrogen and oxygen atoms in total. The number of amides is 1. The maximum atomic E-state index is 12.6. The fourth-order valence-electron chi connectivity index (χ4n) is 3.67.